The third-order valence-corrected chi connectivity index (χ3v) is 3.28. The van der Waals surface area contributed by atoms with Crippen molar-refractivity contribution in [2.24, 2.45) is 0 Å². The van der Waals surface area contributed by atoms with Crippen LogP contribution < -0.4 is 0 Å². The maximum absolute atomic E-state index is 11.3. The molecule has 1 aliphatic heterocycles. The highest BCUT2D eigenvalue weighted by atomic mass is 16.5. The van der Waals surface area contributed by atoms with Crippen LogP contribution in [-0.2, 0) is 19.7 Å². The van der Waals surface area contributed by atoms with Crippen LogP contribution in [-0.4, -0.2) is 30.6 Å². The summed E-state index contributed by atoms with van der Waals surface area (Å²) < 4.78 is 5.03. The maximum atomic E-state index is 11.3. The number of carboxylic acids is 1. The van der Waals surface area contributed by atoms with E-state index in [4.69, 9.17) is 4.74 Å². The molecule has 0 aromatic heterocycles. The first-order chi connectivity index (χ1) is 8.10. The molecule has 1 atom stereocenters. The third kappa shape index (κ3) is 1.85. The summed E-state index contributed by atoms with van der Waals surface area (Å²) in [4.78, 5) is 22.0. The summed E-state index contributed by atoms with van der Waals surface area (Å²) in [6.45, 7) is 2.18. The molecule has 1 aromatic rings. The minimum absolute atomic E-state index is 0.196. The van der Waals surface area contributed by atoms with Crippen LogP contribution in [0.2, 0.25) is 0 Å². The fraction of sp³-hybridized carbons (Fsp3) is 0.385. The molecule has 4 nitrogen and oxygen atoms in total. The number of ether oxygens (including phenoxy) is 1. The number of rotatable bonds is 4. The zero-order valence-electron chi connectivity index (χ0n) is 9.55. The molecule has 0 bridgehead atoms. The Labute approximate surface area is 99.2 Å². The lowest BCUT2D eigenvalue weighted by Gasteiger charge is -2.38. The standard InChI is InChI=1S/C13H14O4/c1-9(6-14)10-3-2-4-11(5-10)13(12(15)16)7-17-8-13/h2-6,9H,7-8H2,1H3,(H,15,16). The lowest BCUT2D eigenvalue weighted by molar-refractivity contribution is -0.163. The molecule has 0 saturated carbocycles. The van der Waals surface area contributed by atoms with E-state index in [2.05, 4.69) is 0 Å². The Morgan fingerprint density at radius 2 is 2.24 bits per heavy atom. The first-order valence-electron chi connectivity index (χ1n) is 5.47. The minimum atomic E-state index is -0.932. The first-order valence-corrected chi connectivity index (χ1v) is 5.47. The Kier molecular flexibility index (Phi) is 2.98. The monoisotopic (exact) mass is 234 g/mol. The molecule has 1 unspecified atom stereocenters. The number of hydrogen-bond donors (Lipinski definition) is 1. The molecule has 17 heavy (non-hydrogen) atoms. The second kappa shape index (κ2) is 4.30. The smallest absolute Gasteiger partial charge is 0.318 e. The molecule has 1 heterocycles. The van der Waals surface area contributed by atoms with E-state index in [1.807, 2.05) is 6.07 Å². The molecule has 0 aliphatic carbocycles. The zero-order valence-corrected chi connectivity index (χ0v) is 9.55. The quantitative estimate of drug-likeness (QED) is 0.798. The van der Waals surface area contributed by atoms with E-state index in [0.717, 1.165) is 11.8 Å². The lowest BCUT2D eigenvalue weighted by Crippen LogP contribution is -2.53. The zero-order chi connectivity index (χ0) is 12.5. The van der Waals surface area contributed by atoms with Crippen molar-refractivity contribution in [3.8, 4) is 0 Å². The van der Waals surface area contributed by atoms with Gasteiger partial charge in [-0.05, 0) is 11.1 Å². The van der Waals surface area contributed by atoms with E-state index in [0.29, 0.717) is 5.56 Å². The fourth-order valence-corrected chi connectivity index (χ4v) is 1.92. The van der Waals surface area contributed by atoms with Gasteiger partial charge in [0.15, 0.2) is 0 Å². The van der Waals surface area contributed by atoms with E-state index in [1.165, 1.54) is 0 Å². The summed E-state index contributed by atoms with van der Waals surface area (Å²) in [6, 6.07) is 7.18. The Morgan fingerprint density at radius 3 is 2.71 bits per heavy atom. The summed E-state index contributed by atoms with van der Waals surface area (Å²) in [7, 11) is 0. The topological polar surface area (TPSA) is 63.6 Å². The molecule has 1 aromatic carbocycles. The van der Waals surface area contributed by atoms with Crippen LogP contribution in [0.3, 0.4) is 0 Å². The van der Waals surface area contributed by atoms with Gasteiger partial charge in [0.2, 0.25) is 0 Å². The summed E-state index contributed by atoms with van der Waals surface area (Å²) in [6.07, 6.45) is 0.851. The van der Waals surface area contributed by atoms with Crippen molar-refractivity contribution in [3.05, 3.63) is 35.4 Å². The molecule has 4 heteroatoms. The van der Waals surface area contributed by atoms with Gasteiger partial charge in [0.1, 0.15) is 11.7 Å². The van der Waals surface area contributed by atoms with Crippen LogP contribution in [0.4, 0.5) is 0 Å². The number of hydrogen-bond acceptors (Lipinski definition) is 3. The van der Waals surface area contributed by atoms with Gasteiger partial charge in [-0.3, -0.25) is 4.79 Å². The van der Waals surface area contributed by atoms with Crippen molar-refractivity contribution >= 4 is 12.3 Å². The minimum Gasteiger partial charge on any atom is -0.480 e. The molecule has 1 N–H and O–H groups in total. The highest BCUT2D eigenvalue weighted by Crippen LogP contribution is 2.33. The van der Waals surface area contributed by atoms with E-state index in [-0.39, 0.29) is 19.1 Å². The van der Waals surface area contributed by atoms with E-state index >= 15 is 0 Å². The van der Waals surface area contributed by atoms with Gasteiger partial charge in [-0.15, -0.1) is 0 Å². The van der Waals surface area contributed by atoms with Crippen molar-refractivity contribution in [1.29, 1.82) is 0 Å². The van der Waals surface area contributed by atoms with Gasteiger partial charge < -0.3 is 14.6 Å². The summed E-state index contributed by atoms with van der Waals surface area (Å²) in [5.41, 5.74) is 0.617. The Hall–Kier alpha value is -1.68. The highest BCUT2D eigenvalue weighted by Gasteiger charge is 2.47. The highest BCUT2D eigenvalue weighted by molar-refractivity contribution is 5.83. The Balaban J connectivity index is 2.39. The van der Waals surface area contributed by atoms with Crippen molar-refractivity contribution in [2.75, 3.05) is 13.2 Å². The van der Waals surface area contributed by atoms with Crippen LogP contribution in [0.25, 0.3) is 0 Å². The van der Waals surface area contributed by atoms with Crippen LogP contribution in [0, 0.1) is 0 Å². The molecule has 1 fully saturated rings. The van der Waals surface area contributed by atoms with E-state index < -0.39 is 11.4 Å². The number of aliphatic carboxylic acids is 1. The first kappa shape index (κ1) is 11.8. The molecule has 1 saturated heterocycles. The van der Waals surface area contributed by atoms with Gasteiger partial charge in [0, 0.05) is 5.92 Å². The molecule has 0 amide bonds. The van der Waals surface area contributed by atoms with Crippen molar-refractivity contribution in [3.63, 3.8) is 0 Å². The van der Waals surface area contributed by atoms with E-state index in [9.17, 15) is 14.7 Å². The summed E-state index contributed by atoms with van der Waals surface area (Å²) in [5.74, 6) is -1.10. The normalized spacial score (nSPS) is 19.1. The average molecular weight is 234 g/mol. The van der Waals surface area contributed by atoms with Gasteiger partial charge >= 0.3 is 5.97 Å². The second-order valence-corrected chi connectivity index (χ2v) is 4.43. The van der Waals surface area contributed by atoms with Gasteiger partial charge in [0.25, 0.3) is 0 Å². The molecular weight excluding hydrogens is 220 g/mol. The van der Waals surface area contributed by atoms with Crippen molar-refractivity contribution < 1.29 is 19.4 Å². The Morgan fingerprint density at radius 1 is 1.53 bits per heavy atom. The Bertz CT molecular complexity index is 448. The molecular formula is C13H14O4. The van der Waals surface area contributed by atoms with Crippen molar-refractivity contribution in [2.45, 2.75) is 18.3 Å². The van der Waals surface area contributed by atoms with E-state index in [1.54, 1.807) is 25.1 Å². The van der Waals surface area contributed by atoms with Crippen LogP contribution in [0.15, 0.2) is 24.3 Å². The number of benzene rings is 1. The van der Waals surface area contributed by atoms with Gasteiger partial charge in [-0.25, -0.2) is 0 Å². The predicted molar refractivity (Wildman–Crippen MR) is 61.1 cm³/mol. The molecule has 0 spiro atoms. The maximum Gasteiger partial charge on any atom is 0.318 e. The number of carbonyl (C=O) groups is 2. The SMILES string of the molecule is CC(C=O)c1cccc(C2(C(=O)O)COC2)c1. The fourth-order valence-electron chi connectivity index (χ4n) is 1.92. The van der Waals surface area contributed by atoms with Crippen LogP contribution in [0.5, 0.6) is 0 Å². The van der Waals surface area contributed by atoms with Gasteiger partial charge in [0.05, 0.1) is 13.2 Å². The van der Waals surface area contributed by atoms with Gasteiger partial charge in [-0.1, -0.05) is 31.2 Å². The summed E-state index contributed by atoms with van der Waals surface area (Å²) >= 11 is 0. The molecule has 1 aliphatic rings. The van der Waals surface area contributed by atoms with Crippen molar-refractivity contribution in [1.82, 2.24) is 0 Å². The van der Waals surface area contributed by atoms with Crippen LogP contribution >= 0.6 is 0 Å². The number of carbonyl (C=O) groups excluding carboxylic acids is 1. The lowest BCUT2D eigenvalue weighted by atomic mass is 9.77. The largest absolute Gasteiger partial charge is 0.480 e. The number of carboxylic acid groups (broad SMARTS) is 1. The summed E-state index contributed by atoms with van der Waals surface area (Å²) in [5, 5.41) is 9.27. The average Bonchev–Trinajstić information content (AvgIpc) is 2.26. The molecule has 2 rings (SSSR count). The predicted octanol–water partition coefficient (Wildman–Crippen LogP) is 1.34. The third-order valence-electron chi connectivity index (χ3n) is 3.28. The number of aldehydes is 1. The molecule has 90 valence electrons. The second-order valence-electron chi connectivity index (χ2n) is 4.43. The van der Waals surface area contributed by atoms with Crippen LogP contribution in [0.1, 0.15) is 24.0 Å². The molecule has 0 radical (unpaired) electrons. The van der Waals surface area contributed by atoms with Gasteiger partial charge in [-0.2, -0.15) is 0 Å².